The minimum Gasteiger partial charge on any atom is -0.264 e. The van der Waals surface area contributed by atoms with E-state index in [0.29, 0.717) is 5.69 Å². The maximum absolute atomic E-state index is 13.9. The second-order valence-electron chi connectivity index (χ2n) is 5.24. The molecule has 0 saturated heterocycles. The first-order valence-corrected chi connectivity index (χ1v) is 8.31. The Balaban J connectivity index is 2.07. The highest BCUT2D eigenvalue weighted by Gasteiger charge is 2.34. The minimum absolute atomic E-state index is 0.240. The standard InChI is InChI=1S/C15H14F2N2O2S/c16-13-4-1-5-14(15(13)17)22(20,21)19(10-11-6-7-11)12-3-2-8-18-9-12/h1-5,8-9,11H,6-7,10H2. The summed E-state index contributed by atoms with van der Waals surface area (Å²) >= 11 is 0. The van der Waals surface area contributed by atoms with Gasteiger partial charge >= 0.3 is 0 Å². The molecule has 0 spiro atoms. The number of pyridine rings is 1. The molecule has 3 rings (SSSR count). The molecule has 116 valence electrons. The minimum atomic E-state index is -4.18. The summed E-state index contributed by atoms with van der Waals surface area (Å²) < 4.78 is 53.9. The van der Waals surface area contributed by atoms with Crippen molar-refractivity contribution in [1.29, 1.82) is 0 Å². The predicted octanol–water partition coefficient (Wildman–Crippen LogP) is 2.97. The van der Waals surface area contributed by atoms with Crippen molar-refractivity contribution in [3.63, 3.8) is 0 Å². The Kier molecular flexibility index (Phi) is 3.82. The quantitative estimate of drug-likeness (QED) is 0.849. The van der Waals surface area contributed by atoms with E-state index in [9.17, 15) is 17.2 Å². The largest absolute Gasteiger partial charge is 0.267 e. The molecule has 1 saturated carbocycles. The summed E-state index contributed by atoms with van der Waals surface area (Å²) in [5.74, 6) is -2.29. The molecule has 7 heteroatoms. The van der Waals surface area contributed by atoms with Crippen molar-refractivity contribution in [3.05, 3.63) is 54.4 Å². The van der Waals surface area contributed by atoms with Crippen molar-refractivity contribution >= 4 is 15.7 Å². The number of halogens is 2. The molecule has 0 bridgehead atoms. The first-order chi connectivity index (χ1) is 10.5. The highest BCUT2D eigenvalue weighted by atomic mass is 32.2. The predicted molar refractivity (Wildman–Crippen MR) is 77.9 cm³/mol. The molecule has 1 fully saturated rings. The summed E-state index contributed by atoms with van der Waals surface area (Å²) in [6.07, 6.45) is 4.78. The average molecular weight is 324 g/mol. The van der Waals surface area contributed by atoms with Crippen molar-refractivity contribution in [2.24, 2.45) is 5.92 Å². The second-order valence-corrected chi connectivity index (χ2v) is 7.07. The molecule has 2 aromatic rings. The van der Waals surface area contributed by atoms with Crippen molar-refractivity contribution in [1.82, 2.24) is 4.98 Å². The third-order valence-corrected chi connectivity index (χ3v) is 5.35. The summed E-state index contributed by atoms with van der Waals surface area (Å²) in [7, 11) is -4.18. The van der Waals surface area contributed by atoms with Gasteiger partial charge < -0.3 is 0 Å². The van der Waals surface area contributed by atoms with Crippen LogP contribution in [0.2, 0.25) is 0 Å². The van der Waals surface area contributed by atoms with E-state index >= 15 is 0 Å². The summed E-state index contributed by atoms with van der Waals surface area (Å²) in [5, 5.41) is 0. The highest BCUT2D eigenvalue weighted by molar-refractivity contribution is 7.92. The zero-order valence-corrected chi connectivity index (χ0v) is 12.4. The number of aromatic nitrogens is 1. The van der Waals surface area contributed by atoms with Crippen LogP contribution in [0.3, 0.4) is 0 Å². The first kappa shape index (κ1) is 14.9. The summed E-state index contributed by atoms with van der Waals surface area (Å²) in [6, 6.07) is 6.34. The number of hydrogen-bond acceptors (Lipinski definition) is 3. The Morgan fingerprint density at radius 3 is 2.59 bits per heavy atom. The molecular weight excluding hydrogens is 310 g/mol. The second kappa shape index (κ2) is 5.64. The van der Waals surface area contributed by atoms with Crippen LogP contribution in [0.15, 0.2) is 47.6 Å². The van der Waals surface area contributed by atoms with Gasteiger partial charge in [0.05, 0.1) is 11.9 Å². The molecule has 1 aliphatic carbocycles. The number of hydrogen-bond donors (Lipinski definition) is 0. The third-order valence-electron chi connectivity index (χ3n) is 3.54. The van der Waals surface area contributed by atoms with E-state index in [0.717, 1.165) is 29.3 Å². The Bertz CT molecular complexity index is 777. The highest BCUT2D eigenvalue weighted by Crippen LogP contribution is 2.34. The summed E-state index contributed by atoms with van der Waals surface area (Å²) in [6.45, 7) is 0.240. The Morgan fingerprint density at radius 2 is 1.95 bits per heavy atom. The molecule has 1 heterocycles. The fraction of sp³-hybridized carbons (Fsp3) is 0.267. The third kappa shape index (κ3) is 2.81. The molecule has 4 nitrogen and oxygen atoms in total. The molecule has 1 aliphatic rings. The lowest BCUT2D eigenvalue weighted by molar-refractivity contribution is 0.484. The van der Waals surface area contributed by atoms with Crippen LogP contribution in [0.1, 0.15) is 12.8 Å². The fourth-order valence-electron chi connectivity index (χ4n) is 2.18. The van der Waals surface area contributed by atoms with Gasteiger partial charge in [-0.3, -0.25) is 9.29 Å². The molecule has 0 aliphatic heterocycles. The monoisotopic (exact) mass is 324 g/mol. The van der Waals surface area contributed by atoms with Crippen LogP contribution in [0, 0.1) is 17.6 Å². The van der Waals surface area contributed by atoms with E-state index < -0.39 is 26.6 Å². The lowest BCUT2D eigenvalue weighted by Crippen LogP contribution is -2.33. The normalized spacial score (nSPS) is 14.8. The van der Waals surface area contributed by atoms with Gasteiger partial charge in [-0.2, -0.15) is 0 Å². The van der Waals surface area contributed by atoms with Crippen LogP contribution in [-0.2, 0) is 10.0 Å². The molecule has 0 unspecified atom stereocenters. The molecule has 0 atom stereocenters. The zero-order valence-electron chi connectivity index (χ0n) is 11.6. The van der Waals surface area contributed by atoms with Gasteiger partial charge in [-0.15, -0.1) is 0 Å². The van der Waals surface area contributed by atoms with Crippen LogP contribution < -0.4 is 4.31 Å². The van der Waals surface area contributed by atoms with Crippen LogP contribution in [0.25, 0.3) is 0 Å². The fourth-order valence-corrected chi connectivity index (χ4v) is 3.79. The van der Waals surface area contributed by atoms with Gasteiger partial charge in [-0.1, -0.05) is 6.07 Å². The van der Waals surface area contributed by atoms with Gasteiger partial charge in [0, 0.05) is 12.7 Å². The number of anilines is 1. The van der Waals surface area contributed by atoms with Gasteiger partial charge in [0.25, 0.3) is 10.0 Å². The number of nitrogens with zero attached hydrogens (tertiary/aromatic N) is 2. The van der Waals surface area contributed by atoms with Crippen LogP contribution >= 0.6 is 0 Å². The molecule has 0 N–H and O–H groups in total. The Labute approximate surface area is 127 Å². The van der Waals surface area contributed by atoms with E-state index in [2.05, 4.69) is 4.98 Å². The van der Waals surface area contributed by atoms with Gasteiger partial charge in [0.1, 0.15) is 4.90 Å². The lowest BCUT2D eigenvalue weighted by atomic mass is 10.3. The van der Waals surface area contributed by atoms with E-state index in [4.69, 9.17) is 0 Å². The van der Waals surface area contributed by atoms with Crippen LogP contribution in [0.4, 0.5) is 14.5 Å². The van der Waals surface area contributed by atoms with E-state index in [1.807, 2.05) is 0 Å². The SMILES string of the molecule is O=S(=O)(c1cccc(F)c1F)N(CC1CC1)c1cccnc1. The van der Waals surface area contributed by atoms with E-state index in [1.54, 1.807) is 12.1 Å². The number of benzene rings is 1. The smallest absolute Gasteiger partial charge is 0.264 e. The van der Waals surface area contributed by atoms with Gasteiger partial charge in [-0.25, -0.2) is 17.2 Å². The average Bonchev–Trinajstić information content (AvgIpc) is 3.32. The van der Waals surface area contributed by atoms with Gasteiger partial charge in [0.2, 0.25) is 0 Å². The molecule has 1 aromatic carbocycles. The summed E-state index contributed by atoms with van der Waals surface area (Å²) in [4.78, 5) is 3.25. The zero-order chi connectivity index (χ0) is 15.7. The van der Waals surface area contributed by atoms with Crippen LogP contribution in [0.5, 0.6) is 0 Å². The molecule has 0 radical (unpaired) electrons. The first-order valence-electron chi connectivity index (χ1n) is 6.87. The van der Waals surface area contributed by atoms with Gasteiger partial charge in [-0.05, 0) is 43.0 Å². The van der Waals surface area contributed by atoms with Gasteiger partial charge in [0.15, 0.2) is 11.6 Å². The lowest BCUT2D eigenvalue weighted by Gasteiger charge is -2.24. The van der Waals surface area contributed by atoms with Crippen molar-refractivity contribution in [2.45, 2.75) is 17.7 Å². The Hall–Kier alpha value is -2.02. The van der Waals surface area contributed by atoms with Crippen molar-refractivity contribution in [3.8, 4) is 0 Å². The molecular formula is C15H14F2N2O2S. The van der Waals surface area contributed by atoms with Crippen molar-refractivity contribution < 1.29 is 17.2 Å². The molecule has 1 aromatic heterocycles. The topological polar surface area (TPSA) is 50.3 Å². The summed E-state index contributed by atoms with van der Waals surface area (Å²) in [5.41, 5.74) is 0.345. The number of sulfonamides is 1. The van der Waals surface area contributed by atoms with E-state index in [1.165, 1.54) is 18.5 Å². The molecule has 0 amide bonds. The maximum atomic E-state index is 13.9. The number of rotatable bonds is 5. The molecule has 22 heavy (non-hydrogen) atoms. The maximum Gasteiger partial charge on any atom is 0.267 e. The van der Waals surface area contributed by atoms with E-state index in [-0.39, 0.29) is 12.5 Å². The van der Waals surface area contributed by atoms with Crippen LogP contribution in [-0.4, -0.2) is 19.9 Å². The van der Waals surface area contributed by atoms with Crippen molar-refractivity contribution in [2.75, 3.05) is 10.8 Å². The Morgan fingerprint density at radius 1 is 1.18 bits per heavy atom.